The van der Waals surface area contributed by atoms with Gasteiger partial charge in [0.05, 0.1) is 6.20 Å². The summed E-state index contributed by atoms with van der Waals surface area (Å²) in [5, 5.41) is 12.4. The van der Waals surface area contributed by atoms with Crippen LogP contribution in [0.4, 0.5) is 23.7 Å². The molecule has 1 atom stereocenters. The predicted molar refractivity (Wildman–Crippen MR) is 97.0 cm³/mol. The van der Waals surface area contributed by atoms with Gasteiger partial charge >= 0.3 is 12.4 Å². The maximum absolute atomic E-state index is 12.2. The highest BCUT2D eigenvalue weighted by atomic mass is 19.4. The van der Waals surface area contributed by atoms with Gasteiger partial charge in [0.1, 0.15) is 5.75 Å². The Hall–Kier alpha value is -2.91. The van der Waals surface area contributed by atoms with Crippen molar-refractivity contribution in [3.8, 4) is 5.75 Å². The Labute approximate surface area is 160 Å². The molecule has 1 saturated heterocycles. The number of hydrogen-bond donors (Lipinski definition) is 3. The number of nitrogens with zero attached hydrogens (tertiary/aromatic N) is 2. The number of aromatic amines is 1. The quantitative estimate of drug-likeness (QED) is 0.700. The van der Waals surface area contributed by atoms with Gasteiger partial charge in [0, 0.05) is 43.1 Å². The third-order valence-corrected chi connectivity index (χ3v) is 4.65. The maximum Gasteiger partial charge on any atom is 0.573 e. The van der Waals surface area contributed by atoms with E-state index < -0.39 is 6.36 Å². The monoisotopic (exact) mass is 397 g/mol. The van der Waals surface area contributed by atoms with Gasteiger partial charge < -0.3 is 20.3 Å². The van der Waals surface area contributed by atoms with Crippen LogP contribution in [-0.2, 0) is 6.54 Å². The molecule has 0 spiro atoms. The molecule has 3 N–H and O–H groups in total. The van der Waals surface area contributed by atoms with Crippen LogP contribution in [0.25, 0.3) is 0 Å². The molecule has 2 heterocycles. The Morgan fingerprint density at radius 2 is 2.07 bits per heavy atom. The molecule has 152 valence electrons. The molecule has 2 aromatic rings. The summed E-state index contributed by atoms with van der Waals surface area (Å²) >= 11 is 0. The molecule has 1 fully saturated rings. The average Bonchev–Trinajstić information content (AvgIpc) is 3.26. The third-order valence-electron chi connectivity index (χ3n) is 4.65. The van der Waals surface area contributed by atoms with E-state index in [0.29, 0.717) is 13.1 Å². The zero-order chi connectivity index (χ0) is 20.1. The maximum atomic E-state index is 12.2. The molecule has 1 aliphatic heterocycles. The number of aryl methyl sites for hydroxylation is 1. The molecule has 28 heavy (non-hydrogen) atoms. The molecule has 10 heteroatoms. The largest absolute Gasteiger partial charge is 0.573 e. The Morgan fingerprint density at radius 3 is 2.71 bits per heavy atom. The first-order valence-electron chi connectivity index (χ1n) is 8.91. The number of anilines is 1. The number of alkyl halides is 3. The van der Waals surface area contributed by atoms with E-state index >= 15 is 0 Å². The topological polar surface area (TPSA) is 82.3 Å². The van der Waals surface area contributed by atoms with E-state index in [1.165, 1.54) is 12.1 Å². The normalized spacial score (nSPS) is 16.9. The third kappa shape index (κ3) is 5.54. The molecule has 1 aliphatic rings. The number of H-pyrrole nitrogens is 1. The van der Waals surface area contributed by atoms with E-state index in [9.17, 15) is 18.0 Å². The number of halogens is 3. The Kier molecular flexibility index (Phi) is 5.96. The molecule has 0 aliphatic carbocycles. The molecule has 1 aromatic heterocycles. The highest BCUT2D eigenvalue weighted by Crippen LogP contribution is 2.28. The highest BCUT2D eigenvalue weighted by molar-refractivity contribution is 5.73. The number of rotatable bonds is 6. The number of urea groups is 1. The number of amides is 2. The number of aromatic nitrogens is 2. The second-order valence-corrected chi connectivity index (χ2v) is 6.73. The van der Waals surface area contributed by atoms with Gasteiger partial charge in [0.2, 0.25) is 0 Å². The lowest BCUT2D eigenvalue weighted by atomic mass is 10.1. The van der Waals surface area contributed by atoms with E-state index in [1.54, 1.807) is 18.3 Å². The molecule has 0 radical (unpaired) electrons. The van der Waals surface area contributed by atoms with Crippen molar-refractivity contribution in [3.63, 3.8) is 0 Å². The lowest BCUT2D eigenvalue weighted by Crippen LogP contribution is -2.38. The average molecular weight is 397 g/mol. The van der Waals surface area contributed by atoms with Gasteiger partial charge in [-0.25, -0.2) is 4.79 Å². The molecule has 0 saturated carbocycles. The van der Waals surface area contributed by atoms with E-state index in [0.717, 1.165) is 36.5 Å². The van der Waals surface area contributed by atoms with Crippen LogP contribution in [-0.4, -0.2) is 42.2 Å². The van der Waals surface area contributed by atoms with Crippen LogP contribution in [0.2, 0.25) is 0 Å². The number of carbonyl (C=O) groups excluding carboxylic acids is 1. The van der Waals surface area contributed by atoms with Gasteiger partial charge in [-0.1, -0.05) is 0 Å². The highest BCUT2D eigenvalue weighted by Gasteiger charge is 2.31. The molecular formula is C18H22F3N5O2. The number of hydrogen-bond acceptors (Lipinski definition) is 4. The zero-order valence-electron chi connectivity index (χ0n) is 15.3. The second kappa shape index (κ2) is 8.41. The van der Waals surface area contributed by atoms with Crippen molar-refractivity contribution < 1.29 is 22.7 Å². The van der Waals surface area contributed by atoms with Gasteiger partial charge in [-0.3, -0.25) is 5.10 Å². The molecule has 0 unspecified atom stereocenters. The van der Waals surface area contributed by atoms with Crippen LogP contribution >= 0.6 is 0 Å². The van der Waals surface area contributed by atoms with Crippen LogP contribution in [0.1, 0.15) is 17.7 Å². The summed E-state index contributed by atoms with van der Waals surface area (Å²) in [5.74, 6) is 0.0331. The van der Waals surface area contributed by atoms with Crippen LogP contribution in [0.3, 0.4) is 0 Å². The first-order valence-corrected chi connectivity index (χ1v) is 8.91. The van der Waals surface area contributed by atoms with Gasteiger partial charge in [-0.2, -0.15) is 5.10 Å². The first-order chi connectivity index (χ1) is 13.3. The fourth-order valence-electron chi connectivity index (χ4n) is 3.12. The summed E-state index contributed by atoms with van der Waals surface area (Å²) < 4.78 is 40.5. The van der Waals surface area contributed by atoms with E-state index in [1.807, 2.05) is 6.92 Å². The Morgan fingerprint density at radius 1 is 1.32 bits per heavy atom. The van der Waals surface area contributed by atoms with Crippen molar-refractivity contribution in [2.24, 2.45) is 5.92 Å². The molecule has 2 amide bonds. The first kappa shape index (κ1) is 19.8. The fourth-order valence-corrected chi connectivity index (χ4v) is 3.12. The minimum Gasteiger partial charge on any atom is -0.406 e. The van der Waals surface area contributed by atoms with E-state index in [-0.39, 0.29) is 17.7 Å². The zero-order valence-corrected chi connectivity index (χ0v) is 15.3. The lowest BCUT2D eigenvalue weighted by molar-refractivity contribution is -0.274. The van der Waals surface area contributed by atoms with Crippen LogP contribution in [0.15, 0.2) is 30.5 Å². The van der Waals surface area contributed by atoms with E-state index in [2.05, 4.69) is 30.5 Å². The van der Waals surface area contributed by atoms with Crippen molar-refractivity contribution in [1.29, 1.82) is 0 Å². The van der Waals surface area contributed by atoms with Crippen molar-refractivity contribution in [2.45, 2.75) is 26.3 Å². The summed E-state index contributed by atoms with van der Waals surface area (Å²) in [6.45, 7) is 4.32. The summed E-state index contributed by atoms with van der Waals surface area (Å²) in [5.41, 5.74) is 2.68. The van der Waals surface area contributed by atoms with Crippen molar-refractivity contribution >= 4 is 11.7 Å². The fraction of sp³-hybridized carbons (Fsp3) is 0.444. The summed E-state index contributed by atoms with van der Waals surface area (Å²) in [6, 6.07) is 5.58. The smallest absolute Gasteiger partial charge is 0.406 e. The van der Waals surface area contributed by atoms with Gasteiger partial charge in [-0.05, 0) is 43.5 Å². The van der Waals surface area contributed by atoms with Crippen LogP contribution in [0.5, 0.6) is 5.75 Å². The predicted octanol–water partition coefficient (Wildman–Crippen LogP) is 2.94. The van der Waals surface area contributed by atoms with Crippen molar-refractivity contribution in [1.82, 2.24) is 20.8 Å². The SMILES string of the molecule is Cc1[nH]ncc1CNC(=O)NC[C@@H]1CCN(c2ccc(OC(F)(F)F)cc2)C1. The number of nitrogens with one attached hydrogen (secondary N) is 3. The van der Waals surface area contributed by atoms with Crippen LogP contribution in [0, 0.1) is 12.8 Å². The van der Waals surface area contributed by atoms with Gasteiger partial charge in [0.15, 0.2) is 0 Å². The summed E-state index contributed by atoms with van der Waals surface area (Å²) in [4.78, 5) is 14.0. The molecule has 0 bridgehead atoms. The molecule has 7 nitrogen and oxygen atoms in total. The molecule has 3 rings (SSSR count). The van der Waals surface area contributed by atoms with Gasteiger partial charge in [0.25, 0.3) is 0 Å². The Bertz CT molecular complexity index is 791. The van der Waals surface area contributed by atoms with Gasteiger partial charge in [-0.15, -0.1) is 13.2 Å². The second-order valence-electron chi connectivity index (χ2n) is 6.73. The summed E-state index contributed by atoms with van der Waals surface area (Å²) in [6.07, 6.45) is -2.12. The lowest BCUT2D eigenvalue weighted by Gasteiger charge is -2.19. The van der Waals surface area contributed by atoms with E-state index in [4.69, 9.17) is 0 Å². The molecule has 1 aromatic carbocycles. The minimum atomic E-state index is -4.69. The van der Waals surface area contributed by atoms with Crippen LogP contribution < -0.4 is 20.3 Å². The number of ether oxygens (including phenoxy) is 1. The van der Waals surface area contributed by atoms with Crippen molar-refractivity contribution in [2.75, 3.05) is 24.5 Å². The number of carbonyl (C=O) groups is 1. The van der Waals surface area contributed by atoms with Crippen molar-refractivity contribution in [3.05, 3.63) is 41.7 Å². The number of benzene rings is 1. The standard InChI is InChI=1S/C18H22F3N5O2/c1-12-14(10-24-25-12)9-23-17(27)22-8-13-6-7-26(11-13)15-2-4-16(5-3-15)28-18(19,20)21/h2-5,10,13H,6-9,11H2,1H3,(H,24,25)(H2,22,23,27)/t13-/m0/s1. The molecular weight excluding hydrogens is 375 g/mol. The summed E-state index contributed by atoms with van der Waals surface area (Å²) in [7, 11) is 0. The Balaban J connectivity index is 1.41. The minimum absolute atomic E-state index is 0.238.